The van der Waals surface area contributed by atoms with Gasteiger partial charge in [-0.15, -0.1) is 0 Å². The van der Waals surface area contributed by atoms with Crippen LogP contribution in [0.1, 0.15) is 13.8 Å². The van der Waals surface area contributed by atoms with Crippen LogP contribution in [0.3, 0.4) is 0 Å². The van der Waals surface area contributed by atoms with E-state index in [9.17, 15) is 9.59 Å². The van der Waals surface area contributed by atoms with Gasteiger partial charge < -0.3 is 24.4 Å². The van der Waals surface area contributed by atoms with Crippen LogP contribution < -0.4 is 0 Å². The van der Waals surface area contributed by atoms with Crippen LogP contribution in [-0.2, 0) is 23.8 Å². The minimum absolute atomic E-state index is 0.00639. The van der Waals surface area contributed by atoms with Crippen molar-refractivity contribution < 1.29 is 34.0 Å². The van der Waals surface area contributed by atoms with Crippen molar-refractivity contribution >= 4 is 40.3 Å². The number of carbonyl (C=O) groups is 2. The molecule has 0 saturated heterocycles. The molecule has 0 radical (unpaired) electrons. The molecule has 0 aromatic carbocycles. The third-order valence-corrected chi connectivity index (χ3v) is 3.10. The van der Waals surface area contributed by atoms with E-state index in [1.807, 2.05) is 0 Å². The zero-order chi connectivity index (χ0) is 15.5. The highest BCUT2D eigenvalue weighted by Crippen LogP contribution is 2.17. The fourth-order valence-electron chi connectivity index (χ4n) is 0.940. The molecule has 0 amide bonds. The third-order valence-electron chi connectivity index (χ3n) is 1.88. The van der Waals surface area contributed by atoms with E-state index in [1.165, 1.54) is 6.92 Å². The quantitative estimate of drug-likeness (QED) is 0.466. The Kier molecular flexibility index (Phi) is 10.3. The lowest BCUT2D eigenvalue weighted by atomic mass is 10.4. The van der Waals surface area contributed by atoms with Crippen molar-refractivity contribution in [3.63, 3.8) is 0 Å². The zero-order valence-corrected chi connectivity index (χ0v) is 12.9. The average Bonchev–Trinajstić information content (AvgIpc) is 2.41. The number of ether oxygens (including phenoxy) is 3. The van der Waals surface area contributed by atoms with Gasteiger partial charge in [0.25, 0.3) is 0 Å². The van der Waals surface area contributed by atoms with E-state index in [1.54, 1.807) is 6.92 Å². The highest BCUT2D eigenvalue weighted by Gasteiger charge is 2.22. The molecule has 9 heteroatoms. The fraction of sp³-hybridized carbons (Fsp3) is 0.727. The lowest BCUT2D eigenvalue weighted by molar-refractivity contribution is -0.152. The summed E-state index contributed by atoms with van der Waals surface area (Å²) in [5.41, 5.74) is 0. The van der Waals surface area contributed by atoms with Crippen LogP contribution in [0.5, 0.6) is 0 Å². The summed E-state index contributed by atoms with van der Waals surface area (Å²) in [6.07, 6.45) is -0.929. The molecule has 116 valence electrons. The number of aliphatic hydroxyl groups excluding tert-OH is 2. The van der Waals surface area contributed by atoms with E-state index in [4.69, 9.17) is 31.9 Å². The van der Waals surface area contributed by atoms with Crippen molar-refractivity contribution in [3.05, 3.63) is 0 Å². The lowest BCUT2D eigenvalue weighted by Gasteiger charge is -2.15. The third kappa shape index (κ3) is 8.31. The van der Waals surface area contributed by atoms with Gasteiger partial charge in [-0.3, -0.25) is 4.79 Å². The van der Waals surface area contributed by atoms with Gasteiger partial charge in [0, 0.05) is 0 Å². The Hall–Kier alpha value is -0.900. The second-order valence-corrected chi connectivity index (χ2v) is 5.50. The monoisotopic (exact) mass is 326 g/mol. The number of carbonyl (C=O) groups excluding carboxylic acids is 2. The van der Waals surface area contributed by atoms with Crippen LogP contribution in [-0.4, -0.2) is 64.3 Å². The van der Waals surface area contributed by atoms with Crippen LogP contribution in [0.15, 0.2) is 0 Å². The molecule has 0 fully saturated rings. The molecule has 0 aliphatic rings. The van der Waals surface area contributed by atoms with Gasteiger partial charge in [0.05, 0.1) is 13.2 Å². The highest BCUT2D eigenvalue weighted by molar-refractivity contribution is 8.23. The molecule has 0 aliphatic heterocycles. The molecular weight excluding hydrogens is 308 g/mol. The van der Waals surface area contributed by atoms with Gasteiger partial charge in [0.15, 0.2) is 6.10 Å². The molecule has 0 aromatic rings. The predicted octanol–water partition coefficient (Wildman–Crippen LogP) is -0.131. The van der Waals surface area contributed by atoms with Crippen molar-refractivity contribution in [1.82, 2.24) is 0 Å². The van der Waals surface area contributed by atoms with Gasteiger partial charge in [-0.25, -0.2) is 4.79 Å². The maximum Gasteiger partial charge on any atom is 0.347 e. The number of hydrogen-bond acceptors (Lipinski definition) is 9. The van der Waals surface area contributed by atoms with E-state index >= 15 is 0 Å². The number of thioether (sulfide) groups is 1. The van der Waals surface area contributed by atoms with Crippen LogP contribution in [0, 0.1) is 0 Å². The van der Waals surface area contributed by atoms with E-state index in [2.05, 4.69) is 4.74 Å². The first-order valence-corrected chi connectivity index (χ1v) is 7.13. The standard InChI is InChI=1S/C11H18O7S2/c1-7(9(14)16-5-3-12)18-11(19)20-8(2)10(15)17-6-4-13/h7-8,12-13H,3-6H2,1-2H3. The van der Waals surface area contributed by atoms with E-state index < -0.39 is 23.3 Å². The van der Waals surface area contributed by atoms with Gasteiger partial charge in [-0.05, 0) is 26.1 Å². The van der Waals surface area contributed by atoms with Crippen molar-refractivity contribution in [2.45, 2.75) is 25.2 Å². The normalized spacial score (nSPS) is 13.2. The first-order valence-electron chi connectivity index (χ1n) is 5.84. The molecule has 0 aliphatic carbocycles. The highest BCUT2D eigenvalue weighted by atomic mass is 32.2. The molecule has 2 unspecified atom stereocenters. The van der Waals surface area contributed by atoms with E-state index in [0.29, 0.717) is 0 Å². The molecule has 7 nitrogen and oxygen atoms in total. The first-order chi connectivity index (χ1) is 9.42. The summed E-state index contributed by atoms with van der Waals surface area (Å²) in [5.74, 6) is -1.19. The fourth-order valence-corrected chi connectivity index (χ4v) is 2.17. The smallest absolute Gasteiger partial charge is 0.347 e. The molecule has 20 heavy (non-hydrogen) atoms. The summed E-state index contributed by atoms with van der Waals surface area (Å²) in [5, 5.41) is 16.4. The molecule has 0 spiro atoms. The lowest BCUT2D eigenvalue weighted by Crippen LogP contribution is -2.27. The molecule has 0 rings (SSSR count). The average molecular weight is 326 g/mol. The Morgan fingerprint density at radius 2 is 1.60 bits per heavy atom. The minimum atomic E-state index is -0.929. The molecule has 0 bridgehead atoms. The topological polar surface area (TPSA) is 102 Å². The van der Waals surface area contributed by atoms with Crippen molar-refractivity contribution in [2.75, 3.05) is 26.4 Å². The van der Waals surface area contributed by atoms with Crippen molar-refractivity contribution in [2.24, 2.45) is 0 Å². The number of thiocarbonyl (C=S) groups is 1. The van der Waals surface area contributed by atoms with Gasteiger partial charge >= 0.3 is 11.9 Å². The maximum absolute atomic E-state index is 11.4. The largest absolute Gasteiger partial charge is 0.464 e. The summed E-state index contributed by atoms with van der Waals surface area (Å²) in [6.45, 7) is 2.29. The Morgan fingerprint density at radius 1 is 1.10 bits per heavy atom. The van der Waals surface area contributed by atoms with Gasteiger partial charge in [-0.1, -0.05) is 11.8 Å². The Morgan fingerprint density at radius 3 is 2.10 bits per heavy atom. The first kappa shape index (κ1) is 19.1. The summed E-state index contributed by atoms with van der Waals surface area (Å²) in [7, 11) is 0. The Balaban J connectivity index is 4.08. The van der Waals surface area contributed by atoms with E-state index in [-0.39, 0.29) is 30.8 Å². The molecule has 0 saturated carbocycles. The van der Waals surface area contributed by atoms with Crippen LogP contribution >= 0.6 is 24.0 Å². The molecular formula is C11H18O7S2. The van der Waals surface area contributed by atoms with Crippen LogP contribution in [0.25, 0.3) is 0 Å². The number of hydrogen-bond donors (Lipinski definition) is 2. The summed E-state index contributed by atoms with van der Waals surface area (Å²) < 4.78 is 14.5. The van der Waals surface area contributed by atoms with Crippen molar-refractivity contribution in [3.8, 4) is 0 Å². The number of aliphatic hydroxyl groups is 2. The molecule has 0 heterocycles. The molecule has 0 aromatic heterocycles. The molecule has 2 N–H and O–H groups in total. The number of rotatable bonds is 8. The summed E-state index contributed by atoms with van der Waals surface area (Å²) >= 11 is 5.82. The van der Waals surface area contributed by atoms with Crippen LogP contribution in [0.4, 0.5) is 0 Å². The summed E-state index contributed by atoms with van der Waals surface area (Å²) in [4.78, 5) is 22.8. The van der Waals surface area contributed by atoms with Gasteiger partial charge in [0.1, 0.15) is 18.5 Å². The zero-order valence-electron chi connectivity index (χ0n) is 11.2. The van der Waals surface area contributed by atoms with Gasteiger partial charge in [-0.2, -0.15) is 0 Å². The molecule has 2 atom stereocenters. The van der Waals surface area contributed by atoms with Crippen LogP contribution in [0.2, 0.25) is 0 Å². The Labute approximate surface area is 126 Å². The SMILES string of the molecule is CC(OC(=S)SC(C)C(=O)OCCO)C(=O)OCCO. The van der Waals surface area contributed by atoms with E-state index in [0.717, 1.165) is 11.8 Å². The second-order valence-electron chi connectivity index (χ2n) is 3.55. The minimum Gasteiger partial charge on any atom is -0.464 e. The van der Waals surface area contributed by atoms with Crippen molar-refractivity contribution in [1.29, 1.82) is 0 Å². The number of esters is 2. The maximum atomic E-state index is 11.4. The summed E-state index contributed by atoms with van der Waals surface area (Å²) in [6, 6.07) is 0. The predicted molar refractivity (Wildman–Crippen MR) is 76.3 cm³/mol. The van der Waals surface area contributed by atoms with Gasteiger partial charge in [0.2, 0.25) is 4.38 Å². The second kappa shape index (κ2) is 10.8. The Bertz CT molecular complexity index is 305.